The molecule has 2 heterocycles. The zero-order valence-electron chi connectivity index (χ0n) is 31.3. The van der Waals surface area contributed by atoms with E-state index in [4.69, 9.17) is 34.2 Å². The van der Waals surface area contributed by atoms with Crippen molar-refractivity contribution in [3.8, 4) is 0 Å². The molecular weight excluding hydrogens is 676 g/mol. The van der Waals surface area contributed by atoms with Crippen LogP contribution in [0.2, 0.25) is 0 Å². The van der Waals surface area contributed by atoms with Gasteiger partial charge >= 0.3 is 6.09 Å². The number of nitrogens with one attached hydrogen (secondary N) is 3. The van der Waals surface area contributed by atoms with Gasteiger partial charge in [-0.1, -0.05) is 24.3 Å². The average Bonchev–Trinajstić information content (AvgIpc) is 3.47. The van der Waals surface area contributed by atoms with Crippen molar-refractivity contribution in [2.24, 2.45) is 5.73 Å². The van der Waals surface area contributed by atoms with E-state index in [1.54, 1.807) is 0 Å². The summed E-state index contributed by atoms with van der Waals surface area (Å²) in [6.45, 7) is 9.91. The summed E-state index contributed by atoms with van der Waals surface area (Å²) in [4.78, 5) is 23.8. The lowest BCUT2D eigenvalue weighted by molar-refractivity contribution is -0.221. The van der Waals surface area contributed by atoms with Crippen LogP contribution in [0.1, 0.15) is 64.0 Å². The molecule has 0 bridgehead atoms. The van der Waals surface area contributed by atoms with Gasteiger partial charge in [-0.2, -0.15) is 0 Å². The summed E-state index contributed by atoms with van der Waals surface area (Å²) in [6, 6.07) is 7.67. The van der Waals surface area contributed by atoms with Gasteiger partial charge in [0.05, 0.1) is 83.3 Å². The van der Waals surface area contributed by atoms with Crippen LogP contribution in [-0.4, -0.2) is 142 Å². The number of carbonyl (C=O) groups excluding carboxylic acids is 2. The Balaban J connectivity index is 1.14. The monoisotopic (exact) mass is 738 g/mol. The van der Waals surface area contributed by atoms with Gasteiger partial charge < -0.3 is 55.0 Å². The van der Waals surface area contributed by atoms with E-state index in [0.29, 0.717) is 104 Å². The lowest BCUT2D eigenvalue weighted by Gasteiger charge is -2.32. The quantitative estimate of drug-likeness (QED) is 0.0829. The first-order valence-electron chi connectivity index (χ1n) is 18.3. The fourth-order valence-corrected chi connectivity index (χ4v) is 5.39. The van der Waals surface area contributed by atoms with Crippen LogP contribution in [0.3, 0.4) is 0 Å². The molecule has 0 spiro atoms. The second-order valence-corrected chi connectivity index (χ2v) is 13.8. The third-order valence-corrected chi connectivity index (χ3v) is 8.15. The second kappa shape index (κ2) is 23.6. The van der Waals surface area contributed by atoms with E-state index in [9.17, 15) is 19.8 Å². The Hall–Kier alpha value is -3.06. The van der Waals surface area contributed by atoms with Gasteiger partial charge in [0.2, 0.25) is 5.91 Å². The molecule has 0 aromatic heterocycles. The Morgan fingerprint density at radius 2 is 1.67 bits per heavy atom. The molecule has 2 amide bonds. The molecule has 52 heavy (non-hydrogen) atoms. The highest BCUT2D eigenvalue weighted by Crippen LogP contribution is 2.22. The number of alkyl carbamates (subject to hydrolysis) is 1. The Morgan fingerprint density at radius 1 is 0.981 bits per heavy atom. The van der Waals surface area contributed by atoms with Gasteiger partial charge in [0.15, 0.2) is 6.29 Å². The van der Waals surface area contributed by atoms with E-state index in [0.717, 1.165) is 16.8 Å². The molecule has 3 rings (SSSR count). The maximum Gasteiger partial charge on any atom is 0.407 e. The number of hydrogen-bond donors (Lipinski definition) is 6. The number of nitrogens with zero attached hydrogens (tertiary/aromatic N) is 2. The van der Waals surface area contributed by atoms with Gasteiger partial charge in [0, 0.05) is 44.7 Å². The maximum absolute atomic E-state index is 12.2. The molecule has 7 N–H and O–H groups in total. The Labute approximate surface area is 308 Å². The van der Waals surface area contributed by atoms with E-state index in [-0.39, 0.29) is 18.6 Å². The van der Waals surface area contributed by atoms with Crippen molar-refractivity contribution < 1.29 is 48.2 Å². The first kappa shape index (κ1) is 43.3. The number of aliphatic hydroxyl groups excluding tert-OH is 2. The molecule has 0 aliphatic carbocycles. The first-order valence-corrected chi connectivity index (χ1v) is 18.3. The smallest absolute Gasteiger partial charge is 0.407 e. The van der Waals surface area contributed by atoms with Gasteiger partial charge in [-0.25, -0.2) is 4.79 Å². The van der Waals surface area contributed by atoms with E-state index in [2.05, 4.69) is 40.3 Å². The third kappa shape index (κ3) is 17.6. The summed E-state index contributed by atoms with van der Waals surface area (Å²) in [5.74, 6) is -0.223. The summed E-state index contributed by atoms with van der Waals surface area (Å²) in [6.07, 6.45) is 3.69. The number of aliphatic hydroxyl groups is 2. The van der Waals surface area contributed by atoms with Gasteiger partial charge in [-0.15, -0.1) is 5.12 Å². The summed E-state index contributed by atoms with van der Waals surface area (Å²) < 4.78 is 33.5. The fraction of sp³-hybridized carbons (Fsp3) is 0.722. The number of amides is 2. The molecule has 1 saturated heterocycles. The number of hydrazine groups is 2. The predicted molar refractivity (Wildman–Crippen MR) is 194 cm³/mol. The Morgan fingerprint density at radius 3 is 2.37 bits per heavy atom. The number of hydrogen-bond acceptors (Lipinski definition) is 14. The van der Waals surface area contributed by atoms with Crippen molar-refractivity contribution in [3.05, 3.63) is 41.6 Å². The number of carbonyl (C=O) groups is 2. The van der Waals surface area contributed by atoms with Crippen molar-refractivity contribution in [1.29, 1.82) is 0 Å². The molecule has 296 valence electrons. The van der Waals surface area contributed by atoms with Crippen LogP contribution in [0.5, 0.6) is 0 Å². The van der Waals surface area contributed by atoms with E-state index in [1.165, 1.54) is 0 Å². The van der Waals surface area contributed by atoms with Crippen LogP contribution in [0, 0.1) is 0 Å². The SMILES string of the molecule is CN1NC(c2ccc(CCOC3CC(O)CC(CO)O3)cc2)=CN1CCOCCOCCOCCNC(=O)C(N)CCCCNC(=O)OC(C)(C)C. The lowest BCUT2D eigenvalue weighted by Crippen LogP contribution is -2.42. The van der Waals surface area contributed by atoms with Crippen LogP contribution in [0.25, 0.3) is 5.70 Å². The standard InChI is InChI=1S/C36H62N6O10/c1-36(2,3)52-35(46)39-13-6-5-7-31(37)34(45)38-14-17-47-19-21-49-22-20-48-18-15-42-25-32(40-41(42)4)28-10-8-27(9-11-28)12-16-50-33-24-29(44)23-30(26-43)51-33/h8-11,25,29-31,33,40,43-44H,5-7,12-24,26,37H2,1-4H3,(H,38,45)(H,39,46). The summed E-state index contributed by atoms with van der Waals surface area (Å²) in [5, 5.41) is 28.7. The van der Waals surface area contributed by atoms with Crippen LogP contribution >= 0.6 is 0 Å². The average molecular weight is 739 g/mol. The van der Waals surface area contributed by atoms with Crippen molar-refractivity contribution in [1.82, 2.24) is 26.2 Å². The zero-order chi connectivity index (χ0) is 37.8. The molecule has 4 unspecified atom stereocenters. The normalized spacial score (nSPS) is 19.9. The number of unbranched alkanes of at least 4 members (excludes halogenated alkanes) is 1. The van der Waals surface area contributed by atoms with Gasteiger partial charge in [-0.05, 0) is 52.0 Å². The Bertz CT molecular complexity index is 1200. The minimum Gasteiger partial charge on any atom is -0.444 e. The molecule has 1 fully saturated rings. The van der Waals surface area contributed by atoms with Gasteiger partial charge in [0.1, 0.15) is 5.60 Å². The first-order chi connectivity index (χ1) is 24.9. The predicted octanol–water partition coefficient (Wildman–Crippen LogP) is 1.26. The van der Waals surface area contributed by atoms with Gasteiger partial charge in [-0.3, -0.25) is 15.2 Å². The molecule has 0 saturated carbocycles. The zero-order valence-corrected chi connectivity index (χ0v) is 31.3. The summed E-state index contributed by atoms with van der Waals surface area (Å²) in [7, 11) is 1.95. The molecule has 0 radical (unpaired) electrons. The van der Waals surface area contributed by atoms with Crippen LogP contribution in [-0.2, 0) is 39.6 Å². The largest absolute Gasteiger partial charge is 0.444 e. The molecule has 16 nitrogen and oxygen atoms in total. The van der Waals surface area contributed by atoms with E-state index < -0.39 is 30.1 Å². The van der Waals surface area contributed by atoms with E-state index >= 15 is 0 Å². The van der Waals surface area contributed by atoms with Crippen molar-refractivity contribution in [2.45, 2.75) is 89.4 Å². The highest BCUT2D eigenvalue weighted by atomic mass is 16.7. The van der Waals surface area contributed by atoms with Crippen LogP contribution in [0.4, 0.5) is 4.79 Å². The lowest BCUT2D eigenvalue weighted by atomic mass is 10.1. The summed E-state index contributed by atoms with van der Waals surface area (Å²) in [5.41, 5.74) is 12.0. The molecule has 1 aromatic rings. The molecule has 2 aliphatic rings. The molecule has 2 aliphatic heterocycles. The number of benzene rings is 1. The maximum atomic E-state index is 12.2. The molecular formula is C36H62N6O10. The van der Waals surface area contributed by atoms with Crippen LogP contribution < -0.4 is 21.8 Å². The highest BCUT2D eigenvalue weighted by Gasteiger charge is 2.28. The van der Waals surface area contributed by atoms with Crippen LogP contribution in [0.15, 0.2) is 30.5 Å². The van der Waals surface area contributed by atoms with Crippen molar-refractivity contribution >= 4 is 17.7 Å². The second-order valence-electron chi connectivity index (χ2n) is 13.8. The van der Waals surface area contributed by atoms with E-state index in [1.807, 2.05) is 44.1 Å². The Kier molecular flexibility index (Phi) is 19.6. The molecule has 1 aromatic carbocycles. The number of ether oxygens (including phenoxy) is 6. The fourth-order valence-electron chi connectivity index (χ4n) is 5.39. The van der Waals surface area contributed by atoms with Crippen molar-refractivity contribution in [3.63, 3.8) is 0 Å². The minimum absolute atomic E-state index is 0.124. The molecule has 16 heteroatoms. The number of rotatable bonds is 24. The molecule has 4 atom stereocenters. The van der Waals surface area contributed by atoms with Crippen molar-refractivity contribution in [2.75, 3.05) is 79.5 Å². The topological polar surface area (TPSA) is 199 Å². The number of nitrogens with two attached hydrogens (primary N) is 1. The highest BCUT2D eigenvalue weighted by molar-refractivity contribution is 5.81. The van der Waals surface area contributed by atoms with Gasteiger partial charge in [0.25, 0.3) is 0 Å². The summed E-state index contributed by atoms with van der Waals surface area (Å²) >= 11 is 0. The third-order valence-electron chi connectivity index (χ3n) is 8.15. The minimum atomic E-state index is -0.608.